The van der Waals surface area contributed by atoms with Gasteiger partial charge in [-0.15, -0.1) is 0 Å². The van der Waals surface area contributed by atoms with Gasteiger partial charge >= 0.3 is 0 Å². The molecule has 0 saturated carbocycles. The molecule has 5 aromatic rings. The Labute approximate surface area is 204 Å². The first-order valence-corrected chi connectivity index (χ1v) is 11.6. The van der Waals surface area contributed by atoms with E-state index in [0.29, 0.717) is 5.56 Å². The maximum atomic E-state index is 15.7. The van der Waals surface area contributed by atoms with Crippen molar-refractivity contribution in [2.24, 2.45) is 0 Å². The SMILES string of the molecule is Nc1c(C(c2ccccc2)c2ccccc2)cc(F)c(F)c1C(c1ccccc1)c1ccccc1. The minimum Gasteiger partial charge on any atom is -0.398 e. The summed E-state index contributed by atoms with van der Waals surface area (Å²) in [5.41, 5.74) is 11.4. The van der Waals surface area contributed by atoms with E-state index in [9.17, 15) is 0 Å². The van der Waals surface area contributed by atoms with Crippen LogP contribution in [0.1, 0.15) is 45.2 Å². The summed E-state index contributed by atoms with van der Waals surface area (Å²) in [5, 5.41) is 0. The van der Waals surface area contributed by atoms with Crippen LogP contribution < -0.4 is 5.73 Å². The summed E-state index contributed by atoms with van der Waals surface area (Å²) in [5.74, 6) is -2.72. The lowest BCUT2D eigenvalue weighted by atomic mass is 9.79. The van der Waals surface area contributed by atoms with Crippen molar-refractivity contribution in [2.75, 3.05) is 5.73 Å². The number of halogens is 2. The Balaban J connectivity index is 1.79. The second kappa shape index (κ2) is 9.94. The highest BCUT2D eigenvalue weighted by Crippen LogP contribution is 2.43. The molecule has 0 heterocycles. The molecule has 0 spiro atoms. The smallest absolute Gasteiger partial charge is 0.165 e. The second-order valence-electron chi connectivity index (χ2n) is 8.60. The molecule has 1 nitrogen and oxygen atoms in total. The molecule has 0 radical (unpaired) electrons. The molecule has 0 amide bonds. The van der Waals surface area contributed by atoms with Crippen LogP contribution in [-0.2, 0) is 0 Å². The maximum Gasteiger partial charge on any atom is 0.165 e. The maximum absolute atomic E-state index is 15.7. The highest BCUT2D eigenvalue weighted by molar-refractivity contribution is 5.65. The zero-order chi connectivity index (χ0) is 24.2. The molecule has 172 valence electrons. The van der Waals surface area contributed by atoms with E-state index in [0.717, 1.165) is 22.3 Å². The van der Waals surface area contributed by atoms with Crippen LogP contribution in [0.3, 0.4) is 0 Å². The minimum absolute atomic E-state index is 0.161. The minimum atomic E-state index is -0.913. The number of nitrogen functional groups attached to an aromatic ring is 1. The van der Waals surface area contributed by atoms with Gasteiger partial charge < -0.3 is 5.73 Å². The van der Waals surface area contributed by atoms with Crippen LogP contribution in [0.2, 0.25) is 0 Å². The number of anilines is 1. The number of nitrogens with two attached hydrogens (primary N) is 1. The molecule has 5 aromatic carbocycles. The third-order valence-corrected chi connectivity index (χ3v) is 6.46. The molecule has 5 rings (SSSR count). The third kappa shape index (κ3) is 4.45. The van der Waals surface area contributed by atoms with Gasteiger partial charge in [-0.1, -0.05) is 121 Å². The molecular formula is C32H25F2N. The molecular weight excluding hydrogens is 436 g/mol. The summed E-state index contributed by atoms with van der Waals surface area (Å²) >= 11 is 0. The van der Waals surface area contributed by atoms with Crippen molar-refractivity contribution >= 4 is 5.69 Å². The Bertz CT molecular complexity index is 1320. The van der Waals surface area contributed by atoms with Gasteiger partial charge in [-0.2, -0.15) is 0 Å². The van der Waals surface area contributed by atoms with E-state index >= 15 is 8.78 Å². The average Bonchev–Trinajstić information content (AvgIpc) is 2.92. The van der Waals surface area contributed by atoms with Crippen molar-refractivity contribution in [1.29, 1.82) is 0 Å². The van der Waals surface area contributed by atoms with E-state index in [1.54, 1.807) is 0 Å². The van der Waals surface area contributed by atoms with E-state index in [2.05, 4.69) is 0 Å². The van der Waals surface area contributed by atoms with Gasteiger partial charge in [0.15, 0.2) is 11.6 Å². The van der Waals surface area contributed by atoms with Crippen molar-refractivity contribution in [1.82, 2.24) is 0 Å². The highest BCUT2D eigenvalue weighted by atomic mass is 19.2. The van der Waals surface area contributed by atoms with E-state index < -0.39 is 17.6 Å². The molecule has 0 aliphatic carbocycles. The van der Waals surface area contributed by atoms with Gasteiger partial charge in [0.25, 0.3) is 0 Å². The number of rotatable bonds is 6. The largest absolute Gasteiger partial charge is 0.398 e. The Morgan fingerprint density at radius 1 is 0.486 bits per heavy atom. The van der Waals surface area contributed by atoms with Crippen LogP contribution in [0.25, 0.3) is 0 Å². The molecule has 3 heteroatoms. The first-order chi connectivity index (χ1) is 17.1. The Kier molecular flexibility index (Phi) is 6.40. The number of hydrogen-bond donors (Lipinski definition) is 1. The van der Waals surface area contributed by atoms with Gasteiger partial charge in [-0.3, -0.25) is 0 Å². The lowest BCUT2D eigenvalue weighted by Gasteiger charge is -2.26. The molecule has 0 fully saturated rings. The molecule has 0 bridgehead atoms. The standard InChI is InChI=1S/C32H25F2N/c33-27-21-26(28(22-13-5-1-6-14-22)23-15-7-2-8-16-23)32(35)30(31(27)34)29(24-17-9-3-10-18-24)25-19-11-4-12-20-25/h1-21,28-29H,35H2. The second-order valence-corrected chi connectivity index (χ2v) is 8.60. The highest BCUT2D eigenvalue weighted by Gasteiger charge is 2.30. The van der Waals surface area contributed by atoms with Crippen LogP contribution in [-0.4, -0.2) is 0 Å². The van der Waals surface area contributed by atoms with E-state index in [-0.39, 0.29) is 17.2 Å². The van der Waals surface area contributed by atoms with E-state index in [4.69, 9.17) is 5.73 Å². The third-order valence-electron chi connectivity index (χ3n) is 6.46. The predicted molar refractivity (Wildman–Crippen MR) is 138 cm³/mol. The molecule has 0 atom stereocenters. The lowest BCUT2D eigenvalue weighted by molar-refractivity contribution is 0.496. The number of benzene rings is 5. The van der Waals surface area contributed by atoms with Crippen molar-refractivity contribution in [3.05, 3.63) is 172 Å². The van der Waals surface area contributed by atoms with Gasteiger partial charge in [-0.05, 0) is 33.9 Å². The van der Waals surface area contributed by atoms with Crippen LogP contribution in [0, 0.1) is 11.6 Å². The molecule has 0 aromatic heterocycles. The lowest BCUT2D eigenvalue weighted by Crippen LogP contribution is -2.15. The molecule has 0 unspecified atom stereocenters. The van der Waals surface area contributed by atoms with Gasteiger partial charge in [-0.25, -0.2) is 8.78 Å². The molecule has 0 aliphatic heterocycles. The van der Waals surface area contributed by atoms with Crippen molar-refractivity contribution in [3.8, 4) is 0 Å². The summed E-state index contributed by atoms with van der Waals surface area (Å²) in [6.45, 7) is 0. The van der Waals surface area contributed by atoms with E-state index in [1.807, 2.05) is 121 Å². The van der Waals surface area contributed by atoms with Crippen LogP contribution in [0.4, 0.5) is 14.5 Å². The first kappa shape index (κ1) is 22.5. The zero-order valence-electron chi connectivity index (χ0n) is 19.1. The summed E-state index contributed by atoms with van der Waals surface area (Å²) < 4.78 is 31.0. The summed E-state index contributed by atoms with van der Waals surface area (Å²) in [6, 6.07) is 40.0. The van der Waals surface area contributed by atoms with Crippen LogP contribution in [0.15, 0.2) is 127 Å². The van der Waals surface area contributed by atoms with Crippen LogP contribution in [0.5, 0.6) is 0 Å². The van der Waals surface area contributed by atoms with Crippen LogP contribution >= 0.6 is 0 Å². The van der Waals surface area contributed by atoms with Gasteiger partial charge in [0, 0.05) is 23.1 Å². The fourth-order valence-electron chi connectivity index (χ4n) is 4.86. The fraction of sp³-hybridized carbons (Fsp3) is 0.0625. The van der Waals surface area contributed by atoms with E-state index in [1.165, 1.54) is 6.07 Å². The number of hydrogen-bond acceptors (Lipinski definition) is 1. The Hall–Kier alpha value is -4.24. The Morgan fingerprint density at radius 2 is 0.829 bits per heavy atom. The first-order valence-electron chi connectivity index (χ1n) is 11.6. The monoisotopic (exact) mass is 461 g/mol. The summed E-state index contributed by atoms with van der Waals surface area (Å²) in [6.07, 6.45) is 0. The molecule has 2 N–H and O–H groups in total. The van der Waals surface area contributed by atoms with Gasteiger partial charge in [0.05, 0.1) is 0 Å². The average molecular weight is 462 g/mol. The quantitative estimate of drug-likeness (QED) is 0.202. The van der Waals surface area contributed by atoms with Crippen molar-refractivity contribution < 1.29 is 8.78 Å². The fourth-order valence-corrected chi connectivity index (χ4v) is 4.86. The molecule has 0 aliphatic rings. The van der Waals surface area contributed by atoms with Crippen molar-refractivity contribution in [2.45, 2.75) is 11.8 Å². The Morgan fingerprint density at radius 3 is 1.20 bits per heavy atom. The van der Waals surface area contributed by atoms with Gasteiger partial charge in [0.2, 0.25) is 0 Å². The molecule has 0 saturated heterocycles. The zero-order valence-corrected chi connectivity index (χ0v) is 19.1. The summed E-state index contributed by atoms with van der Waals surface area (Å²) in [7, 11) is 0. The normalized spacial score (nSPS) is 11.2. The van der Waals surface area contributed by atoms with Crippen molar-refractivity contribution in [3.63, 3.8) is 0 Å². The topological polar surface area (TPSA) is 26.0 Å². The molecule has 35 heavy (non-hydrogen) atoms. The van der Waals surface area contributed by atoms with Gasteiger partial charge in [0.1, 0.15) is 0 Å². The predicted octanol–water partition coefficient (Wildman–Crippen LogP) is 7.91. The summed E-state index contributed by atoms with van der Waals surface area (Å²) in [4.78, 5) is 0.